The van der Waals surface area contributed by atoms with E-state index in [1.165, 1.54) is 32.4 Å². The summed E-state index contributed by atoms with van der Waals surface area (Å²) in [4.78, 5) is 10.4. The van der Waals surface area contributed by atoms with Crippen LogP contribution in [0.2, 0.25) is 13.1 Å². The molecule has 0 amide bonds. The first-order chi connectivity index (χ1) is 15.1. The molecule has 1 aromatic heterocycles. The van der Waals surface area contributed by atoms with Crippen LogP contribution in [0.5, 0.6) is 0 Å². The lowest BCUT2D eigenvalue weighted by Crippen LogP contribution is -2.51. The molecule has 0 radical (unpaired) electrons. The third-order valence-corrected chi connectivity index (χ3v) is 9.74. The maximum absolute atomic E-state index is 5.23. The van der Waals surface area contributed by atoms with Crippen LogP contribution < -0.4 is 10.5 Å². The summed E-state index contributed by atoms with van der Waals surface area (Å²) in [6, 6.07) is 34.2. The standard InChI is InChI=1S/C28H22N2Si/c1-31(2)26-22-16-10-9-11-19(22)17-18-23(26)24-25(20-12-5-3-6-13-20)29-27(30-28(24)31)21-14-7-4-8-15-21/h3-18H,1-2H3. The van der Waals surface area contributed by atoms with Gasteiger partial charge >= 0.3 is 0 Å². The first kappa shape index (κ1) is 18.2. The highest BCUT2D eigenvalue weighted by atomic mass is 28.3. The van der Waals surface area contributed by atoms with Crippen molar-refractivity contribution in [1.82, 2.24) is 9.97 Å². The van der Waals surface area contributed by atoms with Crippen molar-refractivity contribution in [3.63, 3.8) is 0 Å². The summed E-state index contributed by atoms with van der Waals surface area (Å²) < 4.78 is 0. The smallest absolute Gasteiger partial charge is 0.159 e. The lowest BCUT2D eigenvalue weighted by Gasteiger charge is -2.20. The zero-order valence-electron chi connectivity index (χ0n) is 17.6. The van der Waals surface area contributed by atoms with Gasteiger partial charge in [0, 0.05) is 22.0 Å². The molecule has 0 saturated heterocycles. The van der Waals surface area contributed by atoms with Gasteiger partial charge in [-0.05, 0) is 21.5 Å². The third-order valence-electron chi connectivity index (χ3n) is 6.40. The molecule has 0 bridgehead atoms. The second-order valence-electron chi connectivity index (χ2n) is 8.69. The first-order valence-corrected chi connectivity index (χ1v) is 13.7. The fourth-order valence-corrected chi connectivity index (χ4v) is 8.24. The number of nitrogens with zero attached hydrogens (tertiary/aromatic N) is 2. The largest absolute Gasteiger partial charge is 0.237 e. The maximum atomic E-state index is 5.23. The summed E-state index contributed by atoms with van der Waals surface area (Å²) in [6.07, 6.45) is 0. The molecule has 2 nitrogen and oxygen atoms in total. The van der Waals surface area contributed by atoms with Gasteiger partial charge in [0.25, 0.3) is 0 Å². The molecular formula is C28H22N2Si. The van der Waals surface area contributed by atoms with Crippen LogP contribution in [0, 0.1) is 0 Å². The fourth-order valence-electron chi connectivity index (χ4n) is 4.96. The van der Waals surface area contributed by atoms with Gasteiger partial charge in [0.2, 0.25) is 0 Å². The van der Waals surface area contributed by atoms with E-state index in [1.807, 2.05) is 6.07 Å². The van der Waals surface area contributed by atoms with Crippen molar-refractivity contribution in [2.75, 3.05) is 0 Å². The molecule has 0 aliphatic carbocycles. The van der Waals surface area contributed by atoms with Gasteiger partial charge < -0.3 is 0 Å². The zero-order chi connectivity index (χ0) is 21.0. The summed E-state index contributed by atoms with van der Waals surface area (Å²) in [5, 5.41) is 5.38. The number of benzene rings is 4. The summed E-state index contributed by atoms with van der Waals surface area (Å²) in [5.74, 6) is 0.816. The van der Waals surface area contributed by atoms with Crippen molar-refractivity contribution in [1.29, 1.82) is 0 Å². The molecule has 3 heteroatoms. The molecule has 0 unspecified atom stereocenters. The molecule has 0 atom stereocenters. The topological polar surface area (TPSA) is 25.8 Å². The highest BCUT2D eigenvalue weighted by molar-refractivity contribution is 7.04. The Morgan fingerprint density at radius 1 is 0.613 bits per heavy atom. The molecule has 0 N–H and O–H groups in total. The molecule has 0 spiro atoms. The molecular weight excluding hydrogens is 392 g/mol. The van der Waals surface area contributed by atoms with Crippen molar-refractivity contribution in [3.8, 4) is 33.8 Å². The number of rotatable bonds is 2. The van der Waals surface area contributed by atoms with E-state index in [-0.39, 0.29) is 0 Å². The second-order valence-corrected chi connectivity index (χ2v) is 12.9. The van der Waals surface area contributed by atoms with Gasteiger partial charge in [-0.1, -0.05) is 110 Å². The van der Waals surface area contributed by atoms with E-state index in [4.69, 9.17) is 9.97 Å². The Kier molecular flexibility index (Phi) is 3.95. The van der Waals surface area contributed by atoms with E-state index in [1.54, 1.807) is 0 Å². The predicted molar refractivity (Wildman–Crippen MR) is 133 cm³/mol. The van der Waals surface area contributed by atoms with Crippen LogP contribution in [-0.2, 0) is 0 Å². The van der Waals surface area contributed by atoms with Crippen LogP contribution in [0.15, 0.2) is 97.1 Å². The van der Waals surface area contributed by atoms with Crippen molar-refractivity contribution >= 4 is 29.4 Å². The molecule has 5 aromatic rings. The van der Waals surface area contributed by atoms with Gasteiger partial charge in [-0.2, -0.15) is 0 Å². The van der Waals surface area contributed by atoms with Crippen molar-refractivity contribution < 1.29 is 0 Å². The van der Waals surface area contributed by atoms with E-state index in [0.29, 0.717) is 0 Å². The molecule has 4 aromatic carbocycles. The molecule has 148 valence electrons. The van der Waals surface area contributed by atoms with Crippen molar-refractivity contribution in [2.45, 2.75) is 13.1 Å². The van der Waals surface area contributed by atoms with Crippen molar-refractivity contribution in [2.24, 2.45) is 0 Å². The lowest BCUT2D eigenvalue weighted by molar-refractivity contribution is 1.21. The van der Waals surface area contributed by atoms with Gasteiger partial charge in [0.1, 0.15) is 8.07 Å². The van der Waals surface area contributed by atoms with E-state index < -0.39 is 8.07 Å². The van der Waals surface area contributed by atoms with E-state index in [0.717, 1.165) is 22.6 Å². The van der Waals surface area contributed by atoms with Crippen LogP contribution in [0.25, 0.3) is 44.5 Å². The Bertz CT molecular complexity index is 1440. The fraction of sp³-hybridized carbons (Fsp3) is 0.0714. The lowest BCUT2D eigenvalue weighted by atomic mass is 9.98. The van der Waals surface area contributed by atoms with E-state index >= 15 is 0 Å². The second kappa shape index (κ2) is 6.72. The van der Waals surface area contributed by atoms with Gasteiger partial charge in [-0.3, -0.25) is 0 Å². The Morgan fingerprint density at radius 3 is 2.00 bits per heavy atom. The maximum Gasteiger partial charge on any atom is 0.159 e. The molecule has 0 fully saturated rings. The quantitative estimate of drug-likeness (QED) is 0.343. The summed E-state index contributed by atoms with van der Waals surface area (Å²) in [7, 11) is -2.03. The van der Waals surface area contributed by atoms with Crippen LogP contribution in [0.3, 0.4) is 0 Å². The Hall–Kier alpha value is -3.56. The SMILES string of the molecule is C[Si]1(C)c2nc(-c3ccccc3)nc(-c3ccccc3)c2-c2ccc3ccccc3c21. The van der Waals surface area contributed by atoms with Gasteiger partial charge in [0.05, 0.1) is 5.69 Å². The minimum atomic E-state index is -2.03. The first-order valence-electron chi connectivity index (χ1n) is 10.7. The van der Waals surface area contributed by atoms with E-state index in [2.05, 4.69) is 104 Å². The predicted octanol–water partition coefficient (Wildman–Crippen LogP) is 5.77. The van der Waals surface area contributed by atoms with Crippen molar-refractivity contribution in [3.05, 3.63) is 97.1 Å². The van der Waals surface area contributed by atoms with Crippen LogP contribution in [0.1, 0.15) is 0 Å². The Labute approximate surface area is 183 Å². The summed E-state index contributed by atoms with van der Waals surface area (Å²) >= 11 is 0. The van der Waals surface area contributed by atoms with Crippen LogP contribution in [0.4, 0.5) is 0 Å². The zero-order valence-corrected chi connectivity index (χ0v) is 18.6. The number of hydrogen-bond donors (Lipinski definition) is 0. The minimum absolute atomic E-state index is 0.816. The van der Waals surface area contributed by atoms with E-state index in [9.17, 15) is 0 Å². The highest BCUT2D eigenvalue weighted by Crippen LogP contribution is 2.38. The minimum Gasteiger partial charge on any atom is -0.237 e. The molecule has 0 saturated carbocycles. The molecule has 1 aliphatic rings. The summed E-state index contributed by atoms with van der Waals surface area (Å²) in [5.41, 5.74) is 5.78. The average molecular weight is 415 g/mol. The number of hydrogen-bond acceptors (Lipinski definition) is 2. The molecule has 1 aliphatic heterocycles. The van der Waals surface area contributed by atoms with Crippen LogP contribution in [-0.4, -0.2) is 18.0 Å². The average Bonchev–Trinajstić information content (AvgIpc) is 3.07. The monoisotopic (exact) mass is 414 g/mol. The summed E-state index contributed by atoms with van der Waals surface area (Å²) in [6.45, 7) is 4.86. The molecule has 31 heavy (non-hydrogen) atoms. The van der Waals surface area contributed by atoms with Gasteiger partial charge in [0.15, 0.2) is 5.82 Å². The normalized spacial score (nSPS) is 13.7. The molecule has 2 heterocycles. The van der Waals surface area contributed by atoms with Crippen LogP contribution >= 0.6 is 0 Å². The Morgan fingerprint density at radius 2 is 1.26 bits per heavy atom. The van der Waals surface area contributed by atoms with Gasteiger partial charge in [-0.15, -0.1) is 0 Å². The highest BCUT2D eigenvalue weighted by Gasteiger charge is 2.42. The number of aromatic nitrogens is 2. The van der Waals surface area contributed by atoms with Gasteiger partial charge in [-0.25, -0.2) is 9.97 Å². The number of fused-ring (bicyclic) bond motifs is 5. The Balaban J connectivity index is 1.73. The molecule has 6 rings (SSSR count). The third kappa shape index (κ3) is 2.70.